The average Bonchev–Trinajstić information content (AvgIpc) is 3.50. The van der Waals surface area contributed by atoms with Crippen LogP contribution in [-0.4, -0.2) is 49.9 Å². The number of oxazole rings is 1. The third-order valence-corrected chi connectivity index (χ3v) is 7.33. The van der Waals surface area contributed by atoms with E-state index in [1.54, 1.807) is 12.3 Å². The van der Waals surface area contributed by atoms with Crippen LogP contribution in [0.5, 0.6) is 5.75 Å². The number of ketones is 1. The highest BCUT2D eigenvalue weighted by molar-refractivity contribution is 6.03. The Balaban J connectivity index is 1.32. The highest BCUT2D eigenvalue weighted by atomic mass is 16.7. The molecule has 2 aliphatic heterocycles. The third kappa shape index (κ3) is 4.46. The van der Waals surface area contributed by atoms with Gasteiger partial charge in [0.1, 0.15) is 16.8 Å². The van der Waals surface area contributed by atoms with Crippen molar-refractivity contribution >= 4 is 22.9 Å². The van der Waals surface area contributed by atoms with Gasteiger partial charge in [-0.3, -0.25) is 4.79 Å². The quantitative estimate of drug-likeness (QED) is 0.430. The summed E-state index contributed by atoms with van der Waals surface area (Å²) in [6.45, 7) is 4.03. The Kier molecular flexibility index (Phi) is 6.14. The first-order valence-electron chi connectivity index (χ1n) is 12.1. The van der Waals surface area contributed by atoms with Gasteiger partial charge in [0.15, 0.2) is 23.0 Å². The summed E-state index contributed by atoms with van der Waals surface area (Å²) in [5.74, 6) is -2.09. The summed E-state index contributed by atoms with van der Waals surface area (Å²) in [6.07, 6.45) is 5.69. The lowest BCUT2D eigenvalue weighted by Gasteiger charge is -2.49. The number of carboxylic acids is 1. The molecule has 1 unspecified atom stereocenters. The van der Waals surface area contributed by atoms with Crippen LogP contribution in [-0.2, 0) is 15.9 Å². The fourth-order valence-corrected chi connectivity index (χ4v) is 5.47. The number of ether oxygens (including phenoxy) is 2. The van der Waals surface area contributed by atoms with Crippen LogP contribution < -0.4 is 0 Å². The second kappa shape index (κ2) is 9.13. The largest absolute Gasteiger partial charge is 0.507 e. The molecule has 0 amide bonds. The second-order valence-electron chi connectivity index (χ2n) is 9.80. The van der Waals surface area contributed by atoms with E-state index in [2.05, 4.69) is 16.9 Å². The number of hydrogen-bond acceptors (Lipinski definition) is 7. The van der Waals surface area contributed by atoms with E-state index in [9.17, 15) is 19.8 Å². The summed E-state index contributed by atoms with van der Waals surface area (Å²) in [4.78, 5) is 31.9. The Morgan fingerprint density at radius 1 is 1.23 bits per heavy atom. The summed E-state index contributed by atoms with van der Waals surface area (Å²) >= 11 is 0. The van der Waals surface area contributed by atoms with Crippen molar-refractivity contribution in [1.29, 1.82) is 0 Å². The smallest absolute Gasteiger partial charge is 0.341 e. The maximum atomic E-state index is 13.0. The molecule has 5 atom stereocenters. The van der Waals surface area contributed by atoms with Crippen LogP contribution in [0.3, 0.4) is 0 Å². The number of benzene rings is 1. The zero-order valence-electron chi connectivity index (χ0n) is 19.8. The van der Waals surface area contributed by atoms with E-state index in [4.69, 9.17) is 13.9 Å². The number of carbonyl (C=O) groups is 2. The number of carbonyl (C=O) groups excluding carboxylic acids is 1. The summed E-state index contributed by atoms with van der Waals surface area (Å²) in [5, 5.41) is 19.4. The first-order valence-corrected chi connectivity index (χ1v) is 12.1. The molecule has 3 N–H and O–H groups in total. The van der Waals surface area contributed by atoms with E-state index < -0.39 is 11.8 Å². The number of aromatic carboxylic acids is 1. The van der Waals surface area contributed by atoms with Crippen LogP contribution in [0, 0.1) is 11.8 Å². The molecule has 2 saturated heterocycles. The fourth-order valence-electron chi connectivity index (χ4n) is 5.47. The molecular weight excluding hydrogens is 452 g/mol. The molecule has 0 saturated carbocycles. The third-order valence-electron chi connectivity index (χ3n) is 7.33. The molecular formula is C26H30N2O7. The number of hydrogen-bond donors (Lipinski definition) is 3. The molecule has 2 aromatic heterocycles. The van der Waals surface area contributed by atoms with Crippen molar-refractivity contribution in [2.45, 2.75) is 70.4 Å². The molecule has 0 aliphatic carbocycles. The predicted molar refractivity (Wildman–Crippen MR) is 125 cm³/mol. The van der Waals surface area contributed by atoms with E-state index in [1.807, 2.05) is 13.0 Å². The molecule has 9 heteroatoms. The number of nitrogens with one attached hydrogen (secondary N) is 1. The summed E-state index contributed by atoms with van der Waals surface area (Å²) in [5.41, 5.74) is 0.738. The molecule has 0 bridgehead atoms. The summed E-state index contributed by atoms with van der Waals surface area (Å²) in [6, 6.07) is 6.40. The lowest BCUT2D eigenvalue weighted by Crippen LogP contribution is -2.53. The van der Waals surface area contributed by atoms with E-state index in [0.29, 0.717) is 23.6 Å². The zero-order valence-corrected chi connectivity index (χ0v) is 19.8. The number of aromatic amines is 1. The first kappa shape index (κ1) is 23.6. The fraction of sp³-hybridized carbons (Fsp3) is 0.500. The van der Waals surface area contributed by atoms with Crippen molar-refractivity contribution in [3.05, 3.63) is 47.6 Å². The van der Waals surface area contributed by atoms with Crippen molar-refractivity contribution in [2.75, 3.05) is 0 Å². The molecule has 3 aromatic rings. The maximum absolute atomic E-state index is 13.0. The minimum Gasteiger partial charge on any atom is -0.507 e. The highest BCUT2D eigenvalue weighted by Gasteiger charge is 2.47. The minimum atomic E-state index is -1.26. The van der Waals surface area contributed by atoms with Crippen LogP contribution in [0.4, 0.5) is 0 Å². The van der Waals surface area contributed by atoms with Gasteiger partial charge in [0.2, 0.25) is 0 Å². The molecule has 9 nitrogen and oxygen atoms in total. The molecule has 2 fully saturated rings. The lowest BCUT2D eigenvalue weighted by molar-refractivity contribution is -0.327. The molecule has 1 spiro atoms. The number of aromatic hydroxyl groups is 1. The zero-order chi connectivity index (χ0) is 24.7. The van der Waals surface area contributed by atoms with Crippen molar-refractivity contribution in [1.82, 2.24) is 9.97 Å². The number of carboxylic acid groups (broad SMARTS) is 1. The van der Waals surface area contributed by atoms with E-state index in [-0.39, 0.29) is 46.7 Å². The number of H-pyrrole nitrogens is 1. The molecule has 1 aromatic carbocycles. The Hall–Kier alpha value is -3.17. The second-order valence-corrected chi connectivity index (χ2v) is 9.80. The Morgan fingerprint density at radius 2 is 2.06 bits per heavy atom. The van der Waals surface area contributed by atoms with Gasteiger partial charge in [0.05, 0.1) is 24.3 Å². The van der Waals surface area contributed by atoms with E-state index in [1.165, 1.54) is 12.1 Å². The van der Waals surface area contributed by atoms with Crippen molar-refractivity contribution in [2.24, 2.45) is 11.8 Å². The van der Waals surface area contributed by atoms with Gasteiger partial charge >= 0.3 is 5.97 Å². The minimum absolute atomic E-state index is 0.0280. The molecule has 186 valence electrons. The molecule has 5 rings (SSSR count). The monoisotopic (exact) mass is 482 g/mol. The number of phenols is 1. The maximum Gasteiger partial charge on any atom is 0.341 e. The molecule has 2 aliphatic rings. The van der Waals surface area contributed by atoms with Crippen molar-refractivity contribution < 1.29 is 33.7 Å². The van der Waals surface area contributed by atoms with Gasteiger partial charge in [0.25, 0.3) is 0 Å². The van der Waals surface area contributed by atoms with Crippen LogP contribution in [0.1, 0.15) is 72.7 Å². The topological polar surface area (TPSA) is 135 Å². The van der Waals surface area contributed by atoms with Gasteiger partial charge in [-0.25, -0.2) is 9.78 Å². The van der Waals surface area contributed by atoms with E-state index in [0.717, 1.165) is 32.1 Å². The normalized spacial score (nSPS) is 27.8. The van der Waals surface area contributed by atoms with Gasteiger partial charge in [0, 0.05) is 25.0 Å². The lowest BCUT2D eigenvalue weighted by atomic mass is 9.81. The van der Waals surface area contributed by atoms with Crippen LogP contribution >= 0.6 is 0 Å². The standard InChI is InChI=1S/C26H30N2O7/c1-14-9-11-26(35-24(14)15(2)23(30)17-6-4-12-27-17)10-3-5-16(34-26)13-20-28-22-19(33-20)8-7-18(29)21(22)25(31)32/h4,6-8,12,14-16,24,27,29H,3,5,9-11,13H2,1-2H3,(H,31,32)/t14-,15+,16?,24-,26-/m0/s1. The van der Waals surface area contributed by atoms with Crippen LogP contribution in [0.2, 0.25) is 0 Å². The molecule has 4 heterocycles. The van der Waals surface area contributed by atoms with Gasteiger partial charge in [-0.1, -0.05) is 13.8 Å². The number of rotatable bonds is 6. The number of fused-ring (bicyclic) bond motifs is 1. The predicted octanol–water partition coefficient (Wildman–Crippen LogP) is 4.70. The molecule has 0 radical (unpaired) electrons. The van der Waals surface area contributed by atoms with Gasteiger partial charge < -0.3 is 29.1 Å². The van der Waals surface area contributed by atoms with Crippen molar-refractivity contribution in [3.8, 4) is 5.75 Å². The summed E-state index contributed by atoms with van der Waals surface area (Å²) < 4.78 is 18.9. The number of nitrogens with zero attached hydrogens (tertiary/aromatic N) is 1. The van der Waals surface area contributed by atoms with Crippen LogP contribution in [0.15, 0.2) is 34.9 Å². The van der Waals surface area contributed by atoms with Gasteiger partial charge in [-0.05, 0) is 49.4 Å². The Bertz CT molecular complexity index is 1230. The van der Waals surface area contributed by atoms with Crippen molar-refractivity contribution in [3.63, 3.8) is 0 Å². The van der Waals surface area contributed by atoms with Gasteiger partial charge in [-0.15, -0.1) is 0 Å². The SMILES string of the molecule is C[C@H](C(=O)c1ccc[nH]1)[C@H]1O[C@@]2(CCCC(Cc3nc4c(C(=O)O)c(O)ccc4o3)O2)CC[C@@H]1C. The van der Waals surface area contributed by atoms with E-state index >= 15 is 0 Å². The number of aromatic nitrogens is 2. The Morgan fingerprint density at radius 3 is 2.80 bits per heavy atom. The Labute approximate surface area is 202 Å². The highest BCUT2D eigenvalue weighted by Crippen LogP contribution is 2.43. The van der Waals surface area contributed by atoms with Gasteiger partial charge in [-0.2, -0.15) is 0 Å². The van der Waals surface area contributed by atoms with Crippen LogP contribution in [0.25, 0.3) is 11.1 Å². The molecule has 35 heavy (non-hydrogen) atoms. The summed E-state index contributed by atoms with van der Waals surface area (Å²) in [7, 11) is 0. The average molecular weight is 483 g/mol. The first-order chi connectivity index (χ1) is 16.8. The number of Topliss-reactive ketones (excluding diaryl/α,β-unsaturated/α-hetero) is 1.